The van der Waals surface area contributed by atoms with Crippen molar-refractivity contribution in [1.82, 2.24) is 0 Å². The monoisotopic (exact) mass is 416 g/mol. The first-order valence-electron chi connectivity index (χ1n) is 6.75. The second kappa shape index (κ2) is 12.5. The Morgan fingerprint density at radius 2 is 1.43 bits per heavy atom. The maximum Gasteiger partial charge on any atom is 0.327 e. The number of halogens is 2. The van der Waals surface area contributed by atoms with E-state index in [1.54, 1.807) is 13.8 Å². The van der Waals surface area contributed by atoms with Gasteiger partial charge in [-0.2, -0.15) is 0 Å². The lowest BCUT2D eigenvalue weighted by atomic mass is 9.82. The summed E-state index contributed by atoms with van der Waals surface area (Å²) in [6, 6.07) is 0. The minimum absolute atomic E-state index is 0.150. The van der Waals surface area contributed by atoms with Crippen LogP contribution in [0, 0.1) is 5.41 Å². The smallest absolute Gasteiger partial charge is 0.327 e. The third kappa shape index (κ3) is 10.6. The number of alkyl halides is 2. The average Bonchev–Trinajstić information content (AvgIpc) is 2.43. The maximum atomic E-state index is 9.82. The van der Waals surface area contributed by atoms with Crippen molar-refractivity contribution in [3.05, 3.63) is 0 Å². The van der Waals surface area contributed by atoms with Crippen LogP contribution in [0.3, 0.4) is 0 Å². The normalized spacial score (nSPS) is 16.8. The van der Waals surface area contributed by atoms with Crippen LogP contribution in [-0.4, -0.2) is 68.0 Å². The van der Waals surface area contributed by atoms with Gasteiger partial charge in [-0.15, -0.1) is 23.2 Å². The minimum atomic E-state index is -2.66. The molecule has 0 aliphatic rings. The van der Waals surface area contributed by atoms with Crippen LogP contribution in [0.25, 0.3) is 0 Å². The molecule has 0 radical (unpaired) electrons. The van der Waals surface area contributed by atoms with Crippen molar-refractivity contribution in [1.29, 1.82) is 0 Å². The predicted molar refractivity (Wildman–Crippen MR) is 89.1 cm³/mol. The largest absolute Gasteiger partial charge is 0.396 e. The zero-order valence-electron chi connectivity index (χ0n) is 12.9. The van der Waals surface area contributed by atoms with Crippen LogP contribution in [0.4, 0.5) is 0 Å². The van der Waals surface area contributed by atoms with Gasteiger partial charge in [-0.25, -0.2) is 0 Å². The highest BCUT2D eigenvalue weighted by atomic mass is 35.5. The number of hydrogen-bond donors (Lipinski definition) is 5. The fraction of sp³-hybridized carbons (Fsp3) is 1.00. The third-order valence-corrected chi connectivity index (χ3v) is 4.02. The van der Waals surface area contributed by atoms with E-state index in [1.807, 2.05) is 0 Å². The molecule has 5 N–H and O–H groups in total. The van der Waals surface area contributed by atoms with Crippen molar-refractivity contribution in [3.63, 3.8) is 0 Å². The topological polar surface area (TPSA) is 129 Å². The van der Waals surface area contributed by atoms with E-state index >= 15 is 0 Å². The second-order valence-electron chi connectivity index (χ2n) is 5.19. The standard InChI is InChI=1S/C11H24Cl2O8P2/c1-8(12)3-10(19-4-9(2)13)11(5-14,6-20-22(15)16)7-21-23(17)18/h8-10,14-18H,3-7H2,1-2H3. The Morgan fingerprint density at radius 3 is 1.74 bits per heavy atom. The van der Waals surface area contributed by atoms with Gasteiger partial charge in [0.2, 0.25) is 0 Å². The van der Waals surface area contributed by atoms with E-state index in [1.165, 1.54) is 0 Å². The molecule has 0 bridgehead atoms. The average molecular weight is 417 g/mol. The summed E-state index contributed by atoms with van der Waals surface area (Å²) in [6.07, 6.45) is -0.437. The molecule has 0 fully saturated rings. The minimum Gasteiger partial charge on any atom is -0.396 e. The van der Waals surface area contributed by atoms with E-state index in [9.17, 15) is 5.11 Å². The lowest BCUT2D eigenvalue weighted by molar-refractivity contribution is -0.108. The lowest BCUT2D eigenvalue weighted by Gasteiger charge is -2.39. The van der Waals surface area contributed by atoms with Gasteiger partial charge in [0.05, 0.1) is 43.3 Å². The fourth-order valence-corrected chi connectivity index (χ4v) is 2.81. The molecule has 0 spiro atoms. The van der Waals surface area contributed by atoms with Crippen LogP contribution in [0.15, 0.2) is 0 Å². The Hall–Kier alpha value is 1.12. The summed E-state index contributed by atoms with van der Waals surface area (Å²) in [7, 11) is -5.33. The van der Waals surface area contributed by atoms with Gasteiger partial charge in [-0.05, 0) is 20.3 Å². The van der Waals surface area contributed by atoms with Crippen LogP contribution < -0.4 is 0 Å². The Kier molecular flexibility index (Phi) is 13.1. The van der Waals surface area contributed by atoms with Gasteiger partial charge in [0, 0.05) is 5.38 Å². The molecule has 140 valence electrons. The molecule has 0 saturated heterocycles. The molecular formula is C11H24Cl2O8P2. The van der Waals surface area contributed by atoms with Crippen LogP contribution in [0.2, 0.25) is 0 Å². The van der Waals surface area contributed by atoms with Gasteiger partial charge < -0.3 is 38.5 Å². The molecule has 8 nitrogen and oxygen atoms in total. The third-order valence-electron chi connectivity index (χ3n) is 3.00. The van der Waals surface area contributed by atoms with Gasteiger partial charge in [0.25, 0.3) is 0 Å². The molecule has 0 saturated carbocycles. The summed E-state index contributed by atoms with van der Waals surface area (Å²) in [5, 5.41) is 9.19. The van der Waals surface area contributed by atoms with E-state index in [2.05, 4.69) is 0 Å². The van der Waals surface area contributed by atoms with E-state index in [-0.39, 0.29) is 37.0 Å². The Labute approximate surface area is 148 Å². The van der Waals surface area contributed by atoms with E-state index in [0.29, 0.717) is 0 Å². The summed E-state index contributed by atoms with van der Waals surface area (Å²) in [6.45, 7) is 2.40. The van der Waals surface area contributed by atoms with Crippen molar-refractivity contribution >= 4 is 40.4 Å². The molecule has 0 aliphatic heterocycles. The van der Waals surface area contributed by atoms with Crippen LogP contribution in [0.1, 0.15) is 20.3 Å². The number of rotatable bonds is 13. The van der Waals surface area contributed by atoms with Crippen molar-refractivity contribution in [2.75, 3.05) is 26.4 Å². The van der Waals surface area contributed by atoms with Crippen LogP contribution in [0.5, 0.6) is 0 Å². The highest BCUT2D eigenvalue weighted by Crippen LogP contribution is 2.38. The number of ether oxygens (including phenoxy) is 1. The summed E-state index contributed by atoms with van der Waals surface area (Å²) in [4.78, 5) is 35.9. The summed E-state index contributed by atoms with van der Waals surface area (Å²) >= 11 is 11.9. The number of hydrogen-bond acceptors (Lipinski definition) is 8. The van der Waals surface area contributed by atoms with Gasteiger partial charge in [-0.1, -0.05) is 0 Å². The number of aliphatic hydroxyl groups is 1. The van der Waals surface area contributed by atoms with Crippen molar-refractivity contribution < 1.29 is 38.5 Å². The van der Waals surface area contributed by atoms with Crippen molar-refractivity contribution in [3.8, 4) is 0 Å². The zero-order valence-corrected chi connectivity index (χ0v) is 16.2. The first-order chi connectivity index (χ1) is 10.6. The molecule has 0 aromatic carbocycles. The van der Waals surface area contributed by atoms with Crippen molar-refractivity contribution in [2.45, 2.75) is 37.1 Å². The first kappa shape index (κ1) is 24.1. The molecule has 12 heteroatoms. The van der Waals surface area contributed by atoms with Crippen LogP contribution in [-0.2, 0) is 13.8 Å². The van der Waals surface area contributed by atoms with Crippen LogP contribution >= 0.6 is 40.4 Å². The zero-order chi connectivity index (χ0) is 18.0. The predicted octanol–water partition coefficient (Wildman–Crippen LogP) is 1.45. The van der Waals surface area contributed by atoms with Gasteiger partial charge >= 0.3 is 17.2 Å². The summed E-state index contributed by atoms with van der Waals surface area (Å²) in [5.41, 5.74) is -1.27. The molecule has 0 amide bonds. The summed E-state index contributed by atoms with van der Waals surface area (Å²) < 4.78 is 15.3. The quantitative estimate of drug-likeness (QED) is 0.225. The molecule has 0 aromatic heterocycles. The Balaban J connectivity index is 5.27. The SMILES string of the molecule is CC(Cl)COC(CC(C)Cl)C(CO)(COP(O)O)COP(O)O. The highest BCUT2D eigenvalue weighted by Gasteiger charge is 2.42. The highest BCUT2D eigenvalue weighted by molar-refractivity contribution is 7.39. The van der Waals surface area contributed by atoms with Crippen molar-refractivity contribution in [2.24, 2.45) is 5.41 Å². The van der Waals surface area contributed by atoms with Gasteiger partial charge in [-0.3, -0.25) is 0 Å². The Bertz CT molecular complexity index is 298. The molecule has 0 aromatic rings. The summed E-state index contributed by atoms with van der Waals surface area (Å²) in [5.74, 6) is 0. The number of aliphatic hydroxyl groups excluding tert-OH is 1. The van der Waals surface area contributed by atoms with Gasteiger partial charge in [0.1, 0.15) is 0 Å². The van der Waals surface area contributed by atoms with E-state index < -0.39 is 35.3 Å². The first-order valence-corrected chi connectivity index (χ1v) is 9.95. The second-order valence-corrected chi connectivity index (χ2v) is 8.21. The molecular weight excluding hydrogens is 393 g/mol. The molecule has 0 heterocycles. The molecule has 3 unspecified atom stereocenters. The molecule has 0 rings (SSSR count). The lowest BCUT2D eigenvalue weighted by Crippen LogP contribution is -2.48. The molecule has 0 aliphatic carbocycles. The van der Waals surface area contributed by atoms with E-state index in [0.717, 1.165) is 0 Å². The fourth-order valence-electron chi connectivity index (χ4n) is 1.83. The maximum absolute atomic E-state index is 9.82. The molecule has 3 atom stereocenters. The van der Waals surface area contributed by atoms with Gasteiger partial charge in [0.15, 0.2) is 0 Å². The Morgan fingerprint density at radius 1 is 0.957 bits per heavy atom. The van der Waals surface area contributed by atoms with E-state index in [4.69, 9.17) is 56.6 Å². The molecule has 23 heavy (non-hydrogen) atoms.